The Bertz CT molecular complexity index is 1390. The fourth-order valence-electron chi connectivity index (χ4n) is 4.72. The number of anilines is 3. The van der Waals surface area contributed by atoms with Crippen molar-refractivity contribution in [3.8, 4) is 5.75 Å². The van der Waals surface area contributed by atoms with Crippen LogP contribution in [0.4, 0.5) is 17.2 Å². The van der Waals surface area contributed by atoms with Crippen molar-refractivity contribution in [2.75, 3.05) is 24.4 Å². The topological polar surface area (TPSA) is 144 Å². The van der Waals surface area contributed by atoms with E-state index in [1.54, 1.807) is 13.2 Å². The first-order chi connectivity index (χ1) is 17.9. The van der Waals surface area contributed by atoms with Gasteiger partial charge in [0, 0.05) is 17.5 Å². The van der Waals surface area contributed by atoms with Gasteiger partial charge in [0.05, 0.1) is 49.1 Å². The zero-order chi connectivity index (χ0) is 25.6. The average Bonchev–Trinajstić information content (AvgIpc) is 3.82. The smallest absolute Gasteiger partial charge is 0.271 e. The van der Waals surface area contributed by atoms with E-state index in [4.69, 9.17) is 15.2 Å². The lowest BCUT2D eigenvalue weighted by molar-refractivity contribution is -0.461. The first-order valence-electron chi connectivity index (χ1n) is 12.4. The number of aromatic nitrogens is 2. The van der Waals surface area contributed by atoms with Crippen LogP contribution in [0.5, 0.6) is 5.75 Å². The largest absolute Gasteiger partial charge is 0.494 e. The lowest BCUT2D eigenvalue weighted by Crippen LogP contribution is -2.30. The number of allylic oxidation sites excluding steroid dienone is 1. The predicted molar refractivity (Wildman–Crippen MR) is 137 cm³/mol. The van der Waals surface area contributed by atoms with Crippen LogP contribution in [0, 0.1) is 5.92 Å². The van der Waals surface area contributed by atoms with Crippen molar-refractivity contribution >= 4 is 46.5 Å². The number of hydrazone groups is 1. The van der Waals surface area contributed by atoms with Gasteiger partial charge in [-0.15, -0.1) is 10.2 Å². The molecule has 0 bridgehead atoms. The number of carbonyl (C=O) groups is 2. The SMILES string of the molecule is COc1c(Nc2cc(NC(=O)C3CC3)nnc2C(N)=O)cccc1C1=C/[N+](=C2/CCOC3(CC3)C2)N=C1. The minimum Gasteiger partial charge on any atom is -0.494 e. The highest BCUT2D eigenvalue weighted by Gasteiger charge is 2.49. The van der Waals surface area contributed by atoms with Gasteiger partial charge in [-0.1, -0.05) is 16.8 Å². The minimum atomic E-state index is -0.742. The lowest BCUT2D eigenvalue weighted by Gasteiger charge is -2.20. The molecule has 6 rings (SSSR count). The second kappa shape index (κ2) is 9.07. The molecule has 3 fully saturated rings. The van der Waals surface area contributed by atoms with Gasteiger partial charge < -0.3 is 25.8 Å². The van der Waals surface area contributed by atoms with Crippen molar-refractivity contribution in [1.82, 2.24) is 10.2 Å². The maximum Gasteiger partial charge on any atom is 0.271 e. The molecule has 1 aromatic heterocycles. The predicted octanol–water partition coefficient (Wildman–Crippen LogP) is 2.81. The monoisotopic (exact) mass is 502 g/mol. The number of hydrogen-bond acceptors (Lipinski definition) is 8. The molecule has 1 saturated heterocycles. The molecule has 11 heteroatoms. The maximum atomic E-state index is 12.2. The molecule has 2 aliphatic heterocycles. The van der Waals surface area contributed by atoms with Crippen LogP contribution in [-0.2, 0) is 9.53 Å². The molecule has 11 nitrogen and oxygen atoms in total. The summed E-state index contributed by atoms with van der Waals surface area (Å²) < 4.78 is 13.7. The van der Waals surface area contributed by atoms with Crippen molar-refractivity contribution in [2.24, 2.45) is 16.8 Å². The second-order valence-electron chi connectivity index (χ2n) is 9.83. The summed E-state index contributed by atoms with van der Waals surface area (Å²) in [6.45, 7) is 0.721. The van der Waals surface area contributed by atoms with E-state index in [9.17, 15) is 9.59 Å². The number of primary amides is 1. The fourth-order valence-corrected chi connectivity index (χ4v) is 4.72. The highest BCUT2D eigenvalue weighted by molar-refractivity contribution is 6.12. The molecule has 3 heterocycles. The van der Waals surface area contributed by atoms with E-state index in [-0.39, 0.29) is 28.9 Å². The highest BCUT2D eigenvalue weighted by Crippen LogP contribution is 2.45. The number of ether oxygens (including phenoxy) is 2. The van der Waals surface area contributed by atoms with Crippen molar-refractivity contribution in [3.63, 3.8) is 0 Å². The first kappa shape index (κ1) is 23.3. The van der Waals surface area contributed by atoms with Crippen molar-refractivity contribution in [1.29, 1.82) is 0 Å². The maximum absolute atomic E-state index is 12.2. The molecule has 1 aromatic carbocycles. The average molecular weight is 503 g/mol. The third-order valence-corrected chi connectivity index (χ3v) is 7.07. The van der Waals surface area contributed by atoms with Gasteiger partial charge in [0.2, 0.25) is 12.1 Å². The molecule has 1 spiro atoms. The number of benzene rings is 1. The number of nitrogens with two attached hydrogens (primary N) is 1. The summed E-state index contributed by atoms with van der Waals surface area (Å²) in [6.07, 6.45) is 9.51. The fraction of sp³-hybridized carbons (Fsp3) is 0.385. The Hall–Kier alpha value is -4.12. The molecule has 2 amide bonds. The van der Waals surface area contributed by atoms with Gasteiger partial charge in [0.15, 0.2) is 17.2 Å². The number of nitrogens with zero attached hydrogens (tertiary/aromatic N) is 4. The number of amides is 2. The molecule has 4 N–H and O–H groups in total. The molecule has 2 aromatic rings. The van der Waals surface area contributed by atoms with Crippen LogP contribution in [-0.4, -0.2) is 57.9 Å². The summed E-state index contributed by atoms with van der Waals surface area (Å²) in [5.41, 5.74) is 9.40. The molecule has 2 aliphatic carbocycles. The van der Waals surface area contributed by atoms with E-state index in [2.05, 4.69) is 25.9 Å². The molecule has 0 atom stereocenters. The lowest BCUT2D eigenvalue weighted by atomic mass is 10.0. The number of hydrogen-bond donors (Lipinski definition) is 3. The van der Waals surface area contributed by atoms with Crippen molar-refractivity contribution < 1.29 is 23.7 Å². The number of methoxy groups -OCH3 is 1. The van der Waals surface area contributed by atoms with Gasteiger partial charge in [-0.25, -0.2) is 0 Å². The number of carbonyl (C=O) groups excluding carboxylic acids is 2. The number of rotatable bonds is 7. The van der Waals surface area contributed by atoms with Crippen molar-refractivity contribution in [2.45, 2.75) is 44.1 Å². The number of para-hydroxylation sites is 1. The second-order valence-corrected chi connectivity index (χ2v) is 9.83. The standard InChI is InChI=1S/C26H27N7O4/c1-36-23-18(16-13-28-33(14-16)17-7-10-37-26(12-17)8-9-26)3-2-4-19(23)29-20-11-21(30-25(35)15-5-6-15)31-32-22(20)24(27)34/h2-4,11,13-15H,5-10,12H2,1H3,(H3-,27,29,30,31,34,35)/p+1/b33-17+. The molecular weight excluding hydrogens is 474 g/mol. The Morgan fingerprint density at radius 3 is 2.78 bits per heavy atom. The van der Waals surface area contributed by atoms with Gasteiger partial charge in [0.1, 0.15) is 12.0 Å². The van der Waals surface area contributed by atoms with Gasteiger partial charge in [0.25, 0.3) is 5.91 Å². The molecule has 0 unspecified atom stereocenters. The Morgan fingerprint density at radius 1 is 1.22 bits per heavy atom. The van der Waals surface area contributed by atoms with E-state index < -0.39 is 5.91 Å². The zero-order valence-electron chi connectivity index (χ0n) is 20.5. The summed E-state index contributed by atoms with van der Waals surface area (Å²) in [5.74, 6) is -0.0518. The van der Waals surface area contributed by atoms with Crippen LogP contribution in [0.2, 0.25) is 0 Å². The van der Waals surface area contributed by atoms with E-state index in [1.807, 2.05) is 35.3 Å². The Labute approximate surface area is 213 Å². The van der Waals surface area contributed by atoms with E-state index >= 15 is 0 Å². The quantitative estimate of drug-likeness (QED) is 0.494. The van der Waals surface area contributed by atoms with E-state index in [0.717, 1.165) is 56.3 Å². The van der Waals surface area contributed by atoms with Crippen LogP contribution < -0.4 is 21.1 Å². The first-order valence-corrected chi connectivity index (χ1v) is 12.4. The summed E-state index contributed by atoms with van der Waals surface area (Å²) >= 11 is 0. The molecule has 37 heavy (non-hydrogen) atoms. The summed E-state index contributed by atoms with van der Waals surface area (Å²) in [6, 6.07) is 7.20. The zero-order valence-corrected chi connectivity index (χ0v) is 20.5. The van der Waals surface area contributed by atoms with Crippen LogP contribution in [0.15, 0.2) is 35.6 Å². The van der Waals surface area contributed by atoms with Gasteiger partial charge in [-0.05, 0) is 36.9 Å². The molecule has 190 valence electrons. The molecular formula is C26H28N7O4+. The Balaban J connectivity index is 1.30. The van der Waals surface area contributed by atoms with Crippen LogP contribution >= 0.6 is 0 Å². The Kier molecular flexibility index (Phi) is 5.71. The van der Waals surface area contributed by atoms with Crippen LogP contribution in [0.3, 0.4) is 0 Å². The number of nitrogens with one attached hydrogen (secondary N) is 2. The van der Waals surface area contributed by atoms with E-state index in [1.165, 1.54) is 5.71 Å². The highest BCUT2D eigenvalue weighted by atomic mass is 16.5. The third kappa shape index (κ3) is 4.69. The normalized spacial score (nSPS) is 21.5. The minimum absolute atomic E-state index is 0.000765. The van der Waals surface area contributed by atoms with Crippen LogP contribution in [0.25, 0.3) is 5.57 Å². The third-order valence-electron chi connectivity index (χ3n) is 7.07. The van der Waals surface area contributed by atoms with E-state index in [0.29, 0.717) is 17.1 Å². The van der Waals surface area contributed by atoms with Gasteiger partial charge >= 0.3 is 0 Å². The summed E-state index contributed by atoms with van der Waals surface area (Å²) in [4.78, 5) is 24.2. The molecule has 0 radical (unpaired) electrons. The summed E-state index contributed by atoms with van der Waals surface area (Å²) in [5, 5.41) is 18.5. The van der Waals surface area contributed by atoms with Crippen molar-refractivity contribution in [3.05, 3.63) is 41.7 Å². The Morgan fingerprint density at radius 2 is 2.05 bits per heavy atom. The molecule has 2 saturated carbocycles. The van der Waals surface area contributed by atoms with Gasteiger partial charge in [-0.3, -0.25) is 9.59 Å². The summed E-state index contributed by atoms with van der Waals surface area (Å²) in [7, 11) is 1.58. The van der Waals surface area contributed by atoms with Crippen LogP contribution in [0.1, 0.15) is 54.6 Å². The van der Waals surface area contributed by atoms with Gasteiger partial charge in [-0.2, -0.15) is 0 Å². The molecule has 4 aliphatic rings.